The van der Waals surface area contributed by atoms with Gasteiger partial charge in [-0.15, -0.1) is 24.0 Å². The normalized spacial score (nSPS) is 15.2. The highest BCUT2D eigenvalue weighted by Crippen LogP contribution is 2.20. The Kier molecular flexibility index (Phi) is 7.23. The molecular weight excluding hydrogens is 439 g/mol. The van der Waals surface area contributed by atoms with E-state index >= 15 is 0 Å². The Balaban J connectivity index is 0.00000208. The van der Waals surface area contributed by atoms with Crippen LogP contribution in [0.25, 0.3) is 0 Å². The van der Waals surface area contributed by atoms with Crippen molar-refractivity contribution in [2.75, 3.05) is 38.1 Å². The van der Waals surface area contributed by atoms with Crippen LogP contribution in [0.3, 0.4) is 0 Å². The maximum Gasteiger partial charge on any atom is 0.194 e. The minimum absolute atomic E-state index is 0. The zero-order chi connectivity index (χ0) is 16.1. The minimum Gasteiger partial charge on any atom is -0.467 e. The average Bonchev–Trinajstić information content (AvgIpc) is 3.09. The van der Waals surface area contributed by atoms with E-state index in [0.29, 0.717) is 6.54 Å². The minimum atomic E-state index is 0. The average molecular weight is 461 g/mol. The number of benzene rings is 1. The molecule has 0 radical (unpaired) electrons. The molecule has 1 aliphatic heterocycles. The highest BCUT2D eigenvalue weighted by Gasteiger charge is 2.20. The number of aliphatic imine (C=N–C) groups is 1. The standard InChI is InChI=1S/C17H21ClN4O.HI/c1-19-17(20-13-16-6-3-11-23-16)22-9-7-21(8-10-22)15-5-2-4-14(18)12-15;/h2-6,11-12H,7-10,13H2,1H3,(H,19,20);1H. The number of hydrogen-bond donors (Lipinski definition) is 1. The summed E-state index contributed by atoms with van der Waals surface area (Å²) in [7, 11) is 1.81. The largest absolute Gasteiger partial charge is 0.467 e. The first-order valence-electron chi connectivity index (χ1n) is 7.75. The van der Waals surface area contributed by atoms with Gasteiger partial charge in [-0.1, -0.05) is 17.7 Å². The Hall–Kier alpha value is -1.41. The third-order valence-electron chi connectivity index (χ3n) is 3.97. The first kappa shape index (κ1) is 18.9. The van der Waals surface area contributed by atoms with Crippen LogP contribution in [-0.2, 0) is 6.54 Å². The van der Waals surface area contributed by atoms with Crippen molar-refractivity contribution in [3.8, 4) is 0 Å². The molecule has 1 fully saturated rings. The quantitative estimate of drug-likeness (QED) is 0.433. The van der Waals surface area contributed by atoms with E-state index in [1.54, 1.807) is 6.26 Å². The molecule has 2 aromatic rings. The molecule has 5 nitrogen and oxygen atoms in total. The van der Waals surface area contributed by atoms with Crippen LogP contribution in [-0.4, -0.2) is 44.1 Å². The summed E-state index contributed by atoms with van der Waals surface area (Å²) in [6.45, 7) is 4.38. The Morgan fingerprint density at radius 1 is 1.21 bits per heavy atom. The van der Waals surface area contributed by atoms with E-state index in [0.717, 1.165) is 42.9 Å². The van der Waals surface area contributed by atoms with E-state index in [9.17, 15) is 0 Å². The van der Waals surface area contributed by atoms with Crippen LogP contribution in [0, 0.1) is 0 Å². The topological polar surface area (TPSA) is 44.0 Å². The van der Waals surface area contributed by atoms with Crippen LogP contribution in [0.2, 0.25) is 5.02 Å². The van der Waals surface area contributed by atoms with E-state index in [2.05, 4.69) is 26.2 Å². The van der Waals surface area contributed by atoms with Crippen LogP contribution >= 0.6 is 35.6 Å². The number of halogens is 2. The lowest BCUT2D eigenvalue weighted by Crippen LogP contribution is -2.52. The summed E-state index contributed by atoms with van der Waals surface area (Å²) < 4.78 is 5.35. The molecule has 1 aromatic heterocycles. The van der Waals surface area contributed by atoms with E-state index in [4.69, 9.17) is 16.0 Å². The lowest BCUT2D eigenvalue weighted by Gasteiger charge is -2.37. The SMILES string of the molecule is CN=C(NCc1ccco1)N1CCN(c2cccc(Cl)c2)CC1.I. The summed E-state index contributed by atoms with van der Waals surface area (Å²) in [6.07, 6.45) is 1.68. The molecule has 7 heteroatoms. The van der Waals surface area contributed by atoms with Crippen molar-refractivity contribution in [1.82, 2.24) is 10.2 Å². The molecule has 0 saturated carbocycles. The third-order valence-corrected chi connectivity index (χ3v) is 4.20. The van der Waals surface area contributed by atoms with Crippen LogP contribution < -0.4 is 10.2 Å². The first-order chi connectivity index (χ1) is 11.3. The van der Waals surface area contributed by atoms with Crippen molar-refractivity contribution >= 4 is 47.2 Å². The van der Waals surface area contributed by atoms with E-state index in [1.165, 1.54) is 5.69 Å². The van der Waals surface area contributed by atoms with Crippen molar-refractivity contribution in [3.63, 3.8) is 0 Å². The van der Waals surface area contributed by atoms with Crippen molar-refractivity contribution in [2.45, 2.75) is 6.54 Å². The number of hydrogen-bond acceptors (Lipinski definition) is 3. The fraction of sp³-hybridized carbons (Fsp3) is 0.353. The van der Waals surface area contributed by atoms with Gasteiger partial charge in [0.1, 0.15) is 5.76 Å². The monoisotopic (exact) mass is 460 g/mol. The summed E-state index contributed by atoms with van der Waals surface area (Å²) in [4.78, 5) is 8.99. The number of furan rings is 1. The number of guanidine groups is 1. The van der Waals surface area contributed by atoms with Crippen LogP contribution in [0.4, 0.5) is 5.69 Å². The molecule has 0 aliphatic carbocycles. The maximum absolute atomic E-state index is 6.08. The number of nitrogens with zero attached hydrogens (tertiary/aromatic N) is 3. The molecule has 0 spiro atoms. The fourth-order valence-electron chi connectivity index (χ4n) is 2.76. The highest BCUT2D eigenvalue weighted by molar-refractivity contribution is 14.0. The molecule has 24 heavy (non-hydrogen) atoms. The predicted octanol–water partition coefficient (Wildman–Crippen LogP) is 3.45. The number of nitrogens with one attached hydrogen (secondary N) is 1. The third kappa shape index (κ3) is 4.80. The molecule has 0 atom stereocenters. The first-order valence-corrected chi connectivity index (χ1v) is 8.12. The number of rotatable bonds is 3. The summed E-state index contributed by atoms with van der Waals surface area (Å²) in [5.74, 6) is 1.82. The van der Waals surface area contributed by atoms with Gasteiger partial charge in [0.2, 0.25) is 0 Å². The molecule has 0 amide bonds. The Bertz CT molecular complexity index is 654. The summed E-state index contributed by atoms with van der Waals surface area (Å²) in [5, 5.41) is 4.13. The molecule has 0 unspecified atom stereocenters. The zero-order valence-electron chi connectivity index (χ0n) is 13.6. The second-order valence-corrected chi connectivity index (χ2v) is 5.87. The van der Waals surface area contributed by atoms with Gasteiger partial charge >= 0.3 is 0 Å². The maximum atomic E-state index is 6.08. The van der Waals surface area contributed by atoms with Gasteiger partial charge in [0.25, 0.3) is 0 Å². The lowest BCUT2D eigenvalue weighted by molar-refractivity contribution is 0.370. The second kappa shape index (κ2) is 9.17. The van der Waals surface area contributed by atoms with Gasteiger partial charge in [-0.3, -0.25) is 4.99 Å². The highest BCUT2D eigenvalue weighted by atomic mass is 127. The van der Waals surface area contributed by atoms with Gasteiger partial charge in [-0.2, -0.15) is 0 Å². The van der Waals surface area contributed by atoms with Crippen LogP contribution in [0.15, 0.2) is 52.1 Å². The lowest BCUT2D eigenvalue weighted by atomic mass is 10.2. The van der Waals surface area contributed by atoms with Gasteiger partial charge in [0.05, 0.1) is 12.8 Å². The Labute approximate surface area is 164 Å². The van der Waals surface area contributed by atoms with Gasteiger partial charge in [-0.05, 0) is 30.3 Å². The van der Waals surface area contributed by atoms with Gasteiger partial charge in [0.15, 0.2) is 5.96 Å². The molecule has 1 N–H and O–H groups in total. The van der Waals surface area contributed by atoms with Crippen molar-refractivity contribution in [2.24, 2.45) is 4.99 Å². The number of piperazine rings is 1. The van der Waals surface area contributed by atoms with Crippen molar-refractivity contribution < 1.29 is 4.42 Å². The predicted molar refractivity (Wildman–Crippen MR) is 110 cm³/mol. The fourth-order valence-corrected chi connectivity index (χ4v) is 2.95. The molecular formula is C17H22ClIN4O. The van der Waals surface area contributed by atoms with E-state index in [-0.39, 0.29) is 24.0 Å². The molecule has 2 heterocycles. The summed E-state index contributed by atoms with van der Waals surface area (Å²) in [5.41, 5.74) is 1.18. The molecule has 130 valence electrons. The summed E-state index contributed by atoms with van der Waals surface area (Å²) in [6, 6.07) is 11.9. The van der Waals surface area contributed by atoms with Gasteiger partial charge in [-0.25, -0.2) is 0 Å². The van der Waals surface area contributed by atoms with Crippen molar-refractivity contribution in [3.05, 3.63) is 53.4 Å². The molecule has 0 bridgehead atoms. The Morgan fingerprint density at radius 2 is 2.00 bits per heavy atom. The zero-order valence-corrected chi connectivity index (χ0v) is 16.7. The van der Waals surface area contributed by atoms with Crippen LogP contribution in [0.5, 0.6) is 0 Å². The van der Waals surface area contributed by atoms with Crippen molar-refractivity contribution in [1.29, 1.82) is 0 Å². The molecule has 1 aromatic carbocycles. The van der Waals surface area contributed by atoms with E-state index < -0.39 is 0 Å². The summed E-state index contributed by atoms with van der Waals surface area (Å²) >= 11 is 6.08. The molecule has 3 rings (SSSR count). The van der Waals surface area contributed by atoms with Crippen LogP contribution in [0.1, 0.15) is 5.76 Å². The van der Waals surface area contributed by atoms with Gasteiger partial charge in [0, 0.05) is 43.9 Å². The smallest absolute Gasteiger partial charge is 0.194 e. The van der Waals surface area contributed by atoms with Gasteiger partial charge < -0.3 is 19.5 Å². The molecule has 1 aliphatic rings. The second-order valence-electron chi connectivity index (χ2n) is 5.43. The Morgan fingerprint density at radius 3 is 2.62 bits per heavy atom. The molecule has 1 saturated heterocycles. The van der Waals surface area contributed by atoms with E-state index in [1.807, 2.05) is 37.4 Å². The number of anilines is 1.